The maximum Gasteiger partial charge on any atom is 0.0642 e. The summed E-state index contributed by atoms with van der Waals surface area (Å²) in [5.41, 5.74) is 12.9. The van der Waals surface area contributed by atoms with Crippen LogP contribution >= 0.6 is 7.92 Å². The number of hydrogen-bond acceptors (Lipinski definition) is 6. The highest BCUT2D eigenvalue weighted by Crippen LogP contribution is 2.71. The molecule has 0 spiro atoms. The lowest BCUT2D eigenvalue weighted by molar-refractivity contribution is 0.0547. The maximum absolute atomic E-state index is 5.99. The van der Waals surface area contributed by atoms with Crippen LogP contribution in [0.2, 0.25) is 0 Å². The van der Waals surface area contributed by atoms with E-state index in [4.69, 9.17) is 14.2 Å². The summed E-state index contributed by atoms with van der Waals surface area (Å²) >= 11 is 0. The van der Waals surface area contributed by atoms with Crippen LogP contribution in [0.3, 0.4) is 0 Å². The van der Waals surface area contributed by atoms with Gasteiger partial charge in [-0.1, -0.05) is 91.0 Å². The summed E-state index contributed by atoms with van der Waals surface area (Å²) in [5, 5.41) is 5.05. The molecule has 0 saturated carbocycles. The van der Waals surface area contributed by atoms with Gasteiger partial charge < -0.3 is 28.9 Å². The van der Waals surface area contributed by atoms with E-state index in [9.17, 15) is 0 Å². The van der Waals surface area contributed by atoms with Crippen molar-refractivity contribution in [2.24, 2.45) is 0 Å². The molecule has 0 amide bonds. The molecule has 284 valence electrons. The van der Waals surface area contributed by atoms with Crippen molar-refractivity contribution in [1.82, 2.24) is 14.7 Å². The van der Waals surface area contributed by atoms with Crippen LogP contribution < -0.4 is 0 Å². The Balaban J connectivity index is 1.29. The Kier molecular flexibility index (Phi) is 11.5. The van der Waals surface area contributed by atoms with Gasteiger partial charge in [0.05, 0.1) is 39.6 Å². The van der Waals surface area contributed by atoms with Crippen molar-refractivity contribution in [3.63, 3.8) is 0 Å². The topological polar surface area (TPSA) is 37.4 Å². The van der Waals surface area contributed by atoms with Crippen LogP contribution in [0.5, 0.6) is 0 Å². The standard InChI is InChI=1S/C48H54N3O3P/c1-4-10-37(11-5-1)34-40-16-19-43(46(40)49-22-28-52-29-23-49)55(44-20-17-41(35-38-12-6-2-7-13-38)47(44)50-24-30-53-31-25-50)45-21-18-42(36-39-14-8-3-9-15-39)48(45)51-26-32-54-33-27-51/h1-15,34-36H,16-33H2/b40-34+,41-35+,42-36+. The quantitative estimate of drug-likeness (QED) is 0.203. The van der Waals surface area contributed by atoms with Crippen molar-refractivity contribution in [2.75, 3.05) is 78.9 Å². The van der Waals surface area contributed by atoms with Crippen LogP contribution in [0.15, 0.2) is 141 Å². The van der Waals surface area contributed by atoms with Gasteiger partial charge in [0.2, 0.25) is 0 Å². The molecule has 6 aliphatic rings. The van der Waals surface area contributed by atoms with E-state index < -0.39 is 7.92 Å². The Morgan fingerprint density at radius 2 is 0.636 bits per heavy atom. The van der Waals surface area contributed by atoms with E-state index in [0.29, 0.717) is 0 Å². The highest BCUT2D eigenvalue weighted by Gasteiger charge is 2.41. The van der Waals surface area contributed by atoms with Crippen molar-refractivity contribution in [3.05, 3.63) is 157 Å². The van der Waals surface area contributed by atoms with Crippen LogP contribution in [0.1, 0.15) is 55.2 Å². The highest BCUT2D eigenvalue weighted by molar-refractivity contribution is 7.70. The summed E-state index contributed by atoms with van der Waals surface area (Å²) in [4.78, 5) is 8.10. The van der Waals surface area contributed by atoms with Crippen LogP contribution in [-0.2, 0) is 14.2 Å². The molecule has 7 heteroatoms. The zero-order chi connectivity index (χ0) is 36.8. The summed E-state index contributed by atoms with van der Waals surface area (Å²) in [5.74, 6) is 0. The second kappa shape index (κ2) is 17.3. The zero-order valence-electron chi connectivity index (χ0n) is 32.1. The second-order valence-electron chi connectivity index (χ2n) is 15.3. The van der Waals surface area contributed by atoms with Gasteiger partial charge in [-0.3, -0.25) is 0 Å². The molecule has 9 rings (SSSR count). The van der Waals surface area contributed by atoms with E-state index >= 15 is 0 Å². The molecule has 3 aliphatic heterocycles. The van der Waals surface area contributed by atoms with Gasteiger partial charge in [-0.05, 0) is 114 Å². The average molecular weight is 752 g/mol. The fourth-order valence-corrected chi connectivity index (χ4v) is 12.8. The molecule has 0 radical (unpaired) electrons. The zero-order valence-corrected chi connectivity index (χ0v) is 33.0. The molecule has 0 bridgehead atoms. The number of hydrogen-bond donors (Lipinski definition) is 0. The molecule has 3 fully saturated rings. The van der Waals surface area contributed by atoms with Crippen molar-refractivity contribution >= 4 is 26.1 Å². The van der Waals surface area contributed by atoms with Gasteiger partial charge in [0.1, 0.15) is 0 Å². The van der Waals surface area contributed by atoms with Gasteiger partial charge in [-0.2, -0.15) is 0 Å². The second-order valence-corrected chi connectivity index (χ2v) is 17.6. The predicted molar refractivity (Wildman–Crippen MR) is 226 cm³/mol. The summed E-state index contributed by atoms with van der Waals surface area (Å²) in [6, 6.07) is 33.0. The molecule has 3 aromatic rings. The molecule has 0 N–H and O–H groups in total. The molecule has 3 aliphatic carbocycles. The molecule has 0 aromatic heterocycles. The van der Waals surface area contributed by atoms with Crippen molar-refractivity contribution < 1.29 is 14.2 Å². The van der Waals surface area contributed by atoms with Gasteiger partial charge in [-0.15, -0.1) is 0 Å². The molecule has 0 atom stereocenters. The van der Waals surface area contributed by atoms with Crippen LogP contribution in [-0.4, -0.2) is 93.6 Å². The summed E-state index contributed by atoms with van der Waals surface area (Å²) < 4.78 is 18.0. The number of rotatable bonds is 9. The number of ether oxygens (including phenoxy) is 3. The minimum atomic E-state index is -0.791. The monoisotopic (exact) mass is 751 g/mol. The van der Waals surface area contributed by atoms with Crippen molar-refractivity contribution in [1.29, 1.82) is 0 Å². The van der Waals surface area contributed by atoms with Crippen LogP contribution in [0, 0.1) is 0 Å². The first-order valence-electron chi connectivity index (χ1n) is 20.6. The Morgan fingerprint density at radius 3 is 0.909 bits per heavy atom. The normalized spacial score (nSPS) is 23.5. The van der Waals surface area contributed by atoms with Gasteiger partial charge in [0, 0.05) is 56.4 Å². The number of nitrogens with zero attached hydrogens (tertiary/aromatic N) is 3. The first-order valence-corrected chi connectivity index (χ1v) is 21.9. The third-order valence-electron chi connectivity index (χ3n) is 11.8. The van der Waals surface area contributed by atoms with Gasteiger partial charge in [0.25, 0.3) is 0 Å². The molecule has 3 aromatic carbocycles. The molecule has 3 saturated heterocycles. The molecule has 0 unspecified atom stereocenters. The van der Waals surface area contributed by atoms with Crippen molar-refractivity contribution in [3.8, 4) is 0 Å². The predicted octanol–water partition coefficient (Wildman–Crippen LogP) is 9.73. The first-order chi connectivity index (χ1) is 27.3. The Labute approximate surface area is 328 Å². The summed E-state index contributed by atoms with van der Waals surface area (Å²) in [6.45, 7) is 10.3. The van der Waals surface area contributed by atoms with E-state index in [0.717, 1.165) is 117 Å². The molecule has 6 nitrogen and oxygen atoms in total. The lowest BCUT2D eigenvalue weighted by Crippen LogP contribution is -2.37. The Hall–Kier alpha value is -4.19. The molecule has 55 heavy (non-hydrogen) atoms. The van der Waals surface area contributed by atoms with E-state index in [1.807, 2.05) is 0 Å². The Bertz CT molecular complexity index is 1770. The minimum absolute atomic E-state index is 0.782. The number of morpholine rings is 3. The summed E-state index contributed by atoms with van der Waals surface area (Å²) in [7, 11) is -0.791. The highest BCUT2D eigenvalue weighted by atomic mass is 31.1. The maximum atomic E-state index is 5.99. The fraction of sp³-hybridized carbons (Fsp3) is 0.375. The molecular weight excluding hydrogens is 698 g/mol. The van der Waals surface area contributed by atoms with Crippen LogP contribution in [0.4, 0.5) is 0 Å². The van der Waals surface area contributed by atoms with Crippen LogP contribution in [0.25, 0.3) is 18.2 Å². The number of allylic oxidation sites excluding steroid dienone is 6. The largest absolute Gasteiger partial charge is 0.378 e. The Morgan fingerprint density at radius 1 is 0.364 bits per heavy atom. The van der Waals surface area contributed by atoms with Gasteiger partial charge >= 0.3 is 0 Å². The minimum Gasteiger partial charge on any atom is -0.378 e. The van der Waals surface area contributed by atoms with Gasteiger partial charge in [0.15, 0.2) is 0 Å². The SMILES string of the molecule is C(=C1/CCC(P(C2=C(N3CCOCC3)/C(=C/c3ccccc3)CC2)C2=C(N3CCOCC3)/C(=C/c3ccccc3)CC2)=C1N1CCOCC1)/c1ccccc1. The van der Waals surface area contributed by atoms with E-state index in [2.05, 4.69) is 124 Å². The number of benzene rings is 3. The van der Waals surface area contributed by atoms with E-state index in [1.165, 1.54) is 50.5 Å². The third-order valence-corrected chi connectivity index (χ3v) is 14.8. The first kappa shape index (κ1) is 36.4. The summed E-state index contributed by atoms with van der Waals surface area (Å²) in [6.07, 6.45) is 14.0. The molecular formula is C48H54N3O3P. The van der Waals surface area contributed by atoms with Crippen molar-refractivity contribution in [2.45, 2.75) is 38.5 Å². The lowest BCUT2D eigenvalue weighted by Gasteiger charge is -2.37. The smallest absolute Gasteiger partial charge is 0.0642 e. The van der Waals surface area contributed by atoms with E-state index in [1.54, 1.807) is 15.9 Å². The lowest BCUT2D eigenvalue weighted by atomic mass is 10.1. The van der Waals surface area contributed by atoms with E-state index in [-0.39, 0.29) is 0 Å². The molecule has 3 heterocycles. The fourth-order valence-electron chi connectivity index (χ4n) is 9.36. The third kappa shape index (κ3) is 8.07. The average Bonchev–Trinajstić information content (AvgIpc) is 3.98. The van der Waals surface area contributed by atoms with Gasteiger partial charge in [-0.25, -0.2) is 0 Å².